The zero-order valence-electron chi connectivity index (χ0n) is 2.23. The monoisotopic (exact) mass is 168 g/mol. The third-order valence-corrected chi connectivity index (χ3v) is 0. The Morgan fingerprint density at radius 1 is 1.00 bits per heavy atom. The maximum absolute atomic E-state index is 4.86. The van der Waals surface area contributed by atoms with E-state index in [9.17, 15) is 0 Å². The van der Waals surface area contributed by atoms with Crippen LogP contribution in [0.3, 0.4) is 0 Å². The van der Waals surface area contributed by atoms with Gasteiger partial charge in [0.25, 0.3) is 0 Å². The topological polar surface area (TPSA) is 78.1 Å². The van der Waals surface area contributed by atoms with E-state index in [1.807, 2.05) is 0 Å². The Bertz CT molecular complexity index is 8.00. The van der Waals surface area contributed by atoms with E-state index >= 15 is 0 Å². The molecule has 0 aromatic carbocycles. The fraction of sp³-hybridized carbons (Fsp3) is 0. The summed E-state index contributed by atoms with van der Waals surface area (Å²) in [6, 6.07) is 0. The molecule has 4 heteroatoms. The fourth-order valence-corrected chi connectivity index (χ4v) is 0. The van der Waals surface area contributed by atoms with Crippen molar-refractivity contribution in [1.29, 1.82) is 0 Å². The van der Waals surface area contributed by atoms with Gasteiger partial charge in [0.05, 0.1) is 0 Å². The second-order valence-electron chi connectivity index (χ2n) is 0.500. The van der Waals surface area contributed by atoms with Crippen LogP contribution in [0, 0.1) is 0 Å². The molecule has 0 aromatic heterocycles. The van der Waals surface area contributed by atoms with Crippen molar-refractivity contribution in [3.05, 3.63) is 0 Å². The Balaban J connectivity index is 2.32. The summed E-state index contributed by atoms with van der Waals surface area (Å²) in [5, 5.41) is 0. The summed E-state index contributed by atoms with van der Waals surface area (Å²) in [5.74, 6) is 0. The van der Waals surface area contributed by atoms with Gasteiger partial charge in [0.1, 0.15) is 0 Å². The van der Waals surface area contributed by atoms with Crippen LogP contribution in [-0.4, -0.2) is 20.6 Å². The van der Waals surface area contributed by atoms with Gasteiger partial charge in [0.15, 0.2) is 0 Å². The number of nitrogens with two attached hydrogens (primary N) is 3. The third kappa shape index (κ3) is 16.4. The van der Waals surface area contributed by atoms with Crippen LogP contribution in [0.5, 0.6) is 0 Å². The first-order chi connectivity index (χ1) is 1.73. The molecule has 4 heavy (non-hydrogen) atoms. The van der Waals surface area contributed by atoms with Crippen LogP contribution in [0.15, 0.2) is 0 Å². The standard InChI is InChI=1S/3H2N.Sn/h3*1H2;/q3*-1;+3. The van der Waals surface area contributed by atoms with Gasteiger partial charge >= 0.3 is 32.4 Å². The Morgan fingerprint density at radius 2 is 1.00 bits per heavy atom. The molecule has 0 heterocycles. The van der Waals surface area contributed by atoms with Gasteiger partial charge < -0.3 is 0 Å². The SMILES string of the molecule is [NH2][Sn]([NH2])[NH2]. The molecule has 0 atom stereocenters. The van der Waals surface area contributed by atoms with Crippen LogP contribution in [0.25, 0.3) is 0 Å². The summed E-state index contributed by atoms with van der Waals surface area (Å²) in [6.45, 7) is 0. The van der Waals surface area contributed by atoms with Crippen molar-refractivity contribution in [2.24, 2.45) is 11.9 Å². The van der Waals surface area contributed by atoms with Gasteiger partial charge in [0, 0.05) is 0 Å². The molecular formula is H6N3Sn. The van der Waals surface area contributed by atoms with Crippen molar-refractivity contribution in [2.45, 2.75) is 0 Å². The first-order valence-electron chi connectivity index (χ1n) is 0.866. The van der Waals surface area contributed by atoms with E-state index in [4.69, 9.17) is 11.9 Å². The summed E-state index contributed by atoms with van der Waals surface area (Å²) in [7, 11) is 0. The third-order valence-electron chi connectivity index (χ3n) is 0. The molecule has 0 saturated heterocycles. The molecular weight excluding hydrogens is 161 g/mol. The molecule has 0 rings (SSSR count). The first kappa shape index (κ1) is 4.68. The van der Waals surface area contributed by atoms with E-state index in [2.05, 4.69) is 0 Å². The first-order valence-corrected chi connectivity index (χ1v) is 5.81. The van der Waals surface area contributed by atoms with Gasteiger partial charge in [-0.25, -0.2) is 0 Å². The van der Waals surface area contributed by atoms with Crippen molar-refractivity contribution in [1.82, 2.24) is 0 Å². The molecule has 0 bridgehead atoms. The Hall–Kier alpha value is 0.679. The van der Waals surface area contributed by atoms with E-state index in [1.165, 1.54) is 0 Å². The molecule has 0 saturated carbocycles. The molecule has 0 fully saturated rings. The molecule has 3 nitrogen and oxygen atoms in total. The molecule has 0 aliphatic heterocycles. The Kier molecular flexibility index (Phi) is 2.28. The van der Waals surface area contributed by atoms with Gasteiger partial charge in [-0.15, -0.1) is 0 Å². The van der Waals surface area contributed by atoms with E-state index in [-0.39, 0.29) is 0 Å². The number of hydrogen-bond acceptors (Lipinski definition) is 3. The maximum atomic E-state index is 4.86. The molecule has 25 valence electrons. The van der Waals surface area contributed by atoms with Crippen LogP contribution < -0.4 is 11.9 Å². The van der Waals surface area contributed by atoms with Crippen LogP contribution in [0.2, 0.25) is 0 Å². The minimum absolute atomic E-state index is 2.04. The van der Waals surface area contributed by atoms with Crippen molar-refractivity contribution >= 4 is 20.6 Å². The minimum atomic E-state index is -2.04. The molecule has 0 amide bonds. The zero-order valence-corrected chi connectivity index (χ0v) is 5.09. The second-order valence-corrected chi connectivity index (χ2v) is 3.35. The van der Waals surface area contributed by atoms with Crippen molar-refractivity contribution in [2.75, 3.05) is 0 Å². The van der Waals surface area contributed by atoms with Gasteiger partial charge in [-0.3, -0.25) is 0 Å². The van der Waals surface area contributed by atoms with Crippen molar-refractivity contribution < 1.29 is 0 Å². The zero-order chi connectivity index (χ0) is 3.58. The van der Waals surface area contributed by atoms with Gasteiger partial charge in [-0.1, -0.05) is 0 Å². The predicted molar refractivity (Wildman–Crippen MR) is 18.3 cm³/mol. The summed E-state index contributed by atoms with van der Waals surface area (Å²) in [6.07, 6.45) is 0. The summed E-state index contributed by atoms with van der Waals surface area (Å²) in [5.41, 5.74) is 0. The van der Waals surface area contributed by atoms with Gasteiger partial charge in [-0.05, 0) is 0 Å². The van der Waals surface area contributed by atoms with E-state index in [0.29, 0.717) is 0 Å². The average Bonchev–Trinajstić information content (AvgIpc) is 0.811. The molecule has 6 N–H and O–H groups in total. The average molecular weight is 167 g/mol. The van der Waals surface area contributed by atoms with Crippen LogP contribution >= 0.6 is 0 Å². The molecule has 0 aliphatic rings. The van der Waals surface area contributed by atoms with E-state index in [0.717, 1.165) is 0 Å². The summed E-state index contributed by atoms with van der Waals surface area (Å²) < 4.78 is 14.6. The van der Waals surface area contributed by atoms with Crippen LogP contribution in [0.1, 0.15) is 0 Å². The summed E-state index contributed by atoms with van der Waals surface area (Å²) >= 11 is -2.04. The number of rotatable bonds is 0. The molecule has 1 radical (unpaired) electrons. The predicted octanol–water partition coefficient (Wildman–Crippen LogP) is -2.15. The van der Waals surface area contributed by atoms with E-state index in [1.54, 1.807) is 0 Å². The molecule has 0 spiro atoms. The Labute approximate surface area is 32.9 Å². The van der Waals surface area contributed by atoms with E-state index < -0.39 is 20.6 Å². The van der Waals surface area contributed by atoms with Gasteiger partial charge in [0.2, 0.25) is 0 Å². The quantitative estimate of drug-likeness (QED) is 0.359. The van der Waals surface area contributed by atoms with Crippen molar-refractivity contribution in [3.63, 3.8) is 0 Å². The molecule has 0 unspecified atom stereocenters. The van der Waals surface area contributed by atoms with Crippen LogP contribution in [-0.2, 0) is 0 Å². The van der Waals surface area contributed by atoms with Crippen molar-refractivity contribution in [3.8, 4) is 0 Å². The molecule has 0 aromatic rings. The molecule has 0 aliphatic carbocycles. The van der Waals surface area contributed by atoms with Crippen LogP contribution in [0.4, 0.5) is 0 Å². The second kappa shape index (κ2) is 1.95. The normalized spacial score (nSPS) is 9.00. The van der Waals surface area contributed by atoms with Gasteiger partial charge in [-0.2, -0.15) is 0 Å². The Morgan fingerprint density at radius 3 is 1.00 bits per heavy atom. The summed E-state index contributed by atoms with van der Waals surface area (Å²) in [4.78, 5) is 0. The fourth-order valence-electron chi connectivity index (χ4n) is 0. The number of hydrogen-bond donors (Lipinski definition) is 3.